The van der Waals surface area contributed by atoms with E-state index in [0.29, 0.717) is 22.4 Å². The van der Waals surface area contributed by atoms with Gasteiger partial charge in [0.2, 0.25) is 5.91 Å². The van der Waals surface area contributed by atoms with Crippen LogP contribution < -0.4 is 10.1 Å². The summed E-state index contributed by atoms with van der Waals surface area (Å²) in [6.07, 6.45) is -0.232. The van der Waals surface area contributed by atoms with Gasteiger partial charge in [-0.3, -0.25) is 19.6 Å². The topological polar surface area (TPSA) is 84.4 Å². The molecular formula is C22H17F3N4O3. The zero-order valence-electron chi connectivity index (χ0n) is 16.5. The Morgan fingerprint density at radius 1 is 1.09 bits per heavy atom. The minimum absolute atomic E-state index is 0.0664. The highest BCUT2D eigenvalue weighted by Crippen LogP contribution is 2.34. The number of rotatable bonds is 6. The fourth-order valence-electron chi connectivity index (χ4n) is 3.50. The highest BCUT2D eigenvalue weighted by molar-refractivity contribution is 6.04. The third kappa shape index (κ3) is 4.69. The summed E-state index contributed by atoms with van der Waals surface area (Å²) in [6.45, 7) is 0.167. The van der Waals surface area contributed by atoms with Crippen LogP contribution in [0.2, 0.25) is 0 Å². The lowest BCUT2D eigenvalue weighted by Gasteiger charge is -2.24. The van der Waals surface area contributed by atoms with Crippen molar-refractivity contribution in [2.75, 3.05) is 0 Å². The number of carbonyl (C=O) groups excluding carboxylic acids is 2. The van der Waals surface area contributed by atoms with Crippen LogP contribution in [0.25, 0.3) is 0 Å². The number of halogens is 3. The number of aromatic nitrogens is 2. The molecule has 0 fully saturated rings. The molecule has 2 heterocycles. The zero-order valence-corrected chi connectivity index (χ0v) is 16.5. The Morgan fingerprint density at radius 3 is 2.53 bits per heavy atom. The van der Waals surface area contributed by atoms with Crippen molar-refractivity contribution in [2.45, 2.75) is 25.5 Å². The van der Waals surface area contributed by atoms with Crippen LogP contribution in [0.4, 0.5) is 13.2 Å². The molecule has 2 amide bonds. The minimum atomic E-state index is -4.77. The van der Waals surface area contributed by atoms with Gasteiger partial charge in [0.1, 0.15) is 11.8 Å². The molecule has 1 aliphatic rings. The summed E-state index contributed by atoms with van der Waals surface area (Å²) >= 11 is 0. The Bertz CT molecular complexity index is 1120. The molecule has 1 aromatic heterocycles. The van der Waals surface area contributed by atoms with Crippen LogP contribution in [0, 0.1) is 0 Å². The summed E-state index contributed by atoms with van der Waals surface area (Å²) in [4.78, 5) is 35.6. The highest BCUT2D eigenvalue weighted by atomic mass is 19.4. The molecule has 0 bridgehead atoms. The van der Waals surface area contributed by atoms with E-state index < -0.39 is 18.3 Å². The van der Waals surface area contributed by atoms with E-state index in [4.69, 9.17) is 0 Å². The van der Waals surface area contributed by atoms with E-state index in [0.717, 1.165) is 0 Å². The first-order valence-electron chi connectivity index (χ1n) is 9.59. The van der Waals surface area contributed by atoms with E-state index in [1.807, 2.05) is 0 Å². The average Bonchev–Trinajstić information content (AvgIpc) is 3.04. The van der Waals surface area contributed by atoms with Crippen molar-refractivity contribution in [1.29, 1.82) is 0 Å². The van der Waals surface area contributed by atoms with Crippen LogP contribution in [-0.2, 0) is 17.9 Å². The number of nitrogens with one attached hydrogen (secondary N) is 1. The number of benzene rings is 2. The number of hydrogen-bond donors (Lipinski definition) is 1. The number of alkyl halides is 3. The van der Waals surface area contributed by atoms with Crippen LogP contribution in [0.1, 0.15) is 33.2 Å². The van der Waals surface area contributed by atoms with E-state index in [-0.39, 0.29) is 24.7 Å². The lowest BCUT2D eigenvalue weighted by Crippen LogP contribution is -2.38. The van der Waals surface area contributed by atoms with Gasteiger partial charge in [0.05, 0.1) is 18.4 Å². The van der Waals surface area contributed by atoms with Gasteiger partial charge in [-0.05, 0) is 29.3 Å². The van der Waals surface area contributed by atoms with Gasteiger partial charge < -0.3 is 15.0 Å². The Labute approximate surface area is 180 Å². The average molecular weight is 442 g/mol. The summed E-state index contributed by atoms with van der Waals surface area (Å²) in [7, 11) is 0. The number of nitrogens with zero attached hydrogens (tertiary/aromatic N) is 3. The van der Waals surface area contributed by atoms with E-state index in [2.05, 4.69) is 20.0 Å². The second kappa shape index (κ2) is 8.66. The molecule has 4 rings (SSSR count). The van der Waals surface area contributed by atoms with E-state index in [9.17, 15) is 22.8 Å². The summed E-state index contributed by atoms with van der Waals surface area (Å²) in [5.74, 6) is -1.05. The van der Waals surface area contributed by atoms with Crippen molar-refractivity contribution in [3.8, 4) is 5.75 Å². The van der Waals surface area contributed by atoms with Crippen LogP contribution >= 0.6 is 0 Å². The standard InChI is InChI=1S/C22H17F3N4O3/c23-22(24,25)32-16-7-5-14(6-8-16)11-28-20(30)19-17-3-1-2-4-18(17)21(31)29(19)13-15-12-26-9-10-27-15/h1-10,12,19H,11,13H2,(H,28,30). The molecule has 32 heavy (non-hydrogen) atoms. The molecule has 1 aliphatic heterocycles. The first-order chi connectivity index (χ1) is 15.3. The summed E-state index contributed by atoms with van der Waals surface area (Å²) in [6, 6.07) is 11.2. The van der Waals surface area contributed by atoms with E-state index >= 15 is 0 Å². The summed E-state index contributed by atoms with van der Waals surface area (Å²) < 4.78 is 40.7. The van der Waals surface area contributed by atoms with Gasteiger partial charge >= 0.3 is 6.36 Å². The number of fused-ring (bicyclic) bond motifs is 1. The lowest BCUT2D eigenvalue weighted by atomic mass is 10.0. The molecule has 0 radical (unpaired) electrons. The van der Waals surface area contributed by atoms with Crippen LogP contribution in [0.5, 0.6) is 5.75 Å². The normalized spacial score (nSPS) is 15.4. The third-order valence-corrected chi connectivity index (χ3v) is 4.88. The van der Waals surface area contributed by atoms with Crippen molar-refractivity contribution >= 4 is 11.8 Å². The van der Waals surface area contributed by atoms with Crippen molar-refractivity contribution in [1.82, 2.24) is 20.2 Å². The van der Waals surface area contributed by atoms with Crippen LogP contribution in [0.3, 0.4) is 0 Å². The predicted molar refractivity (Wildman–Crippen MR) is 106 cm³/mol. The number of amides is 2. The second-order valence-electron chi connectivity index (χ2n) is 7.03. The lowest BCUT2D eigenvalue weighted by molar-refractivity contribution is -0.274. The smallest absolute Gasteiger partial charge is 0.406 e. The number of hydrogen-bond acceptors (Lipinski definition) is 5. The van der Waals surface area contributed by atoms with Gasteiger partial charge in [-0.25, -0.2) is 0 Å². The van der Waals surface area contributed by atoms with Gasteiger partial charge in [0.25, 0.3) is 5.91 Å². The van der Waals surface area contributed by atoms with E-state index in [1.165, 1.54) is 47.8 Å². The molecule has 1 N–H and O–H groups in total. The maximum absolute atomic E-state index is 13.1. The fourth-order valence-corrected chi connectivity index (χ4v) is 3.50. The Hall–Kier alpha value is -3.95. The van der Waals surface area contributed by atoms with Gasteiger partial charge in [-0.2, -0.15) is 0 Å². The minimum Gasteiger partial charge on any atom is -0.406 e. The van der Waals surface area contributed by atoms with E-state index in [1.54, 1.807) is 24.3 Å². The van der Waals surface area contributed by atoms with Crippen LogP contribution in [-0.4, -0.2) is 33.0 Å². The molecule has 10 heteroatoms. The first-order valence-corrected chi connectivity index (χ1v) is 9.59. The highest BCUT2D eigenvalue weighted by Gasteiger charge is 2.41. The van der Waals surface area contributed by atoms with Gasteiger partial charge in [-0.1, -0.05) is 30.3 Å². The molecule has 1 unspecified atom stereocenters. The molecular weight excluding hydrogens is 425 g/mol. The van der Waals surface area contributed by atoms with Crippen molar-refractivity contribution in [3.63, 3.8) is 0 Å². The van der Waals surface area contributed by atoms with Crippen molar-refractivity contribution in [3.05, 3.63) is 89.5 Å². The molecule has 3 aromatic rings. The maximum atomic E-state index is 13.1. The molecule has 0 saturated heterocycles. The zero-order chi connectivity index (χ0) is 22.7. The maximum Gasteiger partial charge on any atom is 0.573 e. The van der Waals surface area contributed by atoms with Crippen molar-refractivity contribution < 1.29 is 27.5 Å². The second-order valence-corrected chi connectivity index (χ2v) is 7.03. The van der Waals surface area contributed by atoms with Crippen LogP contribution in [0.15, 0.2) is 67.1 Å². The molecule has 7 nitrogen and oxygen atoms in total. The third-order valence-electron chi connectivity index (χ3n) is 4.88. The van der Waals surface area contributed by atoms with Gasteiger partial charge in [0.15, 0.2) is 0 Å². The molecule has 1 atom stereocenters. The largest absolute Gasteiger partial charge is 0.573 e. The monoisotopic (exact) mass is 442 g/mol. The van der Waals surface area contributed by atoms with Gasteiger partial charge in [0, 0.05) is 24.5 Å². The SMILES string of the molecule is O=C(NCc1ccc(OC(F)(F)F)cc1)C1c2ccccc2C(=O)N1Cc1cnccn1. The van der Waals surface area contributed by atoms with Gasteiger partial charge in [-0.15, -0.1) is 13.2 Å². The predicted octanol–water partition coefficient (Wildman–Crippen LogP) is 3.39. The Kier molecular flexibility index (Phi) is 5.76. The Morgan fingerprint density at radius 2 is 1.84 bits per heavy atom. The molecule has 0 spiro atoms. The molecule has 2 aromatic carbocycles. The molecule has 0 aliphatic carbocycles. The first kappa shape index (κ1) is 21.3. The fraction of sp³-hybridized carbons (Fsp3) is 0.182. The number of ether oxygens (including phenoxy) is 1. The quantitative estimate of drug-likeness (QED) is 0.633. The van der Waals surface area contributed by atoms with Crippen molar-refractivity contribution in [2.24, 2.45) is 0 Å². The molecule has 164 valence electrons. The summed E-state index contributed by atoms with van der Waals surface area (Å²) in [5, 5.41) is 2.75. The Balaban J connectivity index is 1.49. The summed E-state index contributed by atoms with van der Waals surface area (Å²) in [5.41, 5.74) is 2.12. The molecule has 0 saturated carbocycles. The number of carbonyl (C=O) groups is 2.